The smallest absolute Gasteiger partial charge is 0.202 e. The molecule has 0 aromatic heterocycles. The number of hydrogen-bond acceptors (Lipinski definition) is 5. The summed E-state index contributed by atoms with van der Waals surface area (Å²) in [6.45, 7) is 4.11. The third kappa shape index (κ3) is 3.49. The van der Waals surface area contributed by atoms with Crippen LogP contribution >= 0.6 is 0 Å². The maximum Gasteiger partial charge on any atom is 0.202 e. The van der Waals surface area contributed by atoms with Gasteiger partial charge in [-0.1, -0.05) is 25.5 Å². The van der Waals surface area contributed by atoms with Crippen LogP contribution in [0.5, 0.6) is 5.75 Å². The number of ether oxygens (including phenoxy) is 1. The zero-order valence-electron chi connectivity index (χ0n) is 21.7. The van der Waals surface area contributed by atoms with E-state index in [0.29, 0.717) is 25.0 Å². The van der Waals surface area contributed by atoms with Crippen LogP contribution in [0.15, 0.2) is 29.8 Å². The third-order valence-electron chi connectivity index (χ3n) is 11.2. The van der Waals surface area contributed by atoms with E-state index >= 15 is 0 Å². The lowest BCUT2D eigenvalue weighted by Gasteiger charge is -2.60. The molecule has 2 N–H and O–H groups in total. The Labute approximate surface area is 214 Å². The van der Waals surface area contributed by atoms with Crippen molar-refractivity contribution in [3.8, 4) is 5.75 Å². The van der Waals surface area contributed by atoms with Gasteiger partial charge >= 0.3 is 0 Å². The summed E-state index contributed by atoms with van der Waals surface area (Å²) in [5.41, 5.74) is 1.55. The largest absolute Gasteiger partial charge is 0.486 e. The van der Waals surface area contributed by atoms with E-state index in [2.05, 4.69) is 19.1 Å². The first-order valence-electron chi connectivity index (χ1n) is 14.1. The highest BCUT2D eigenvalue weighted by molar-refractivity contribution is 5.92. The summed E-state index contributed by atoms with van der Waals surface area (Å²) >= 11 is 0. The van der Waals surface area contributed by atoms with Gasteiger partial charge in [0.2, 0.25) is 5.78 Å². The molecule has 5 aliphatic rings. The lowest BCUT2D eigenvalue weighted by molar-refractivity contribution is -0.181. The van der Waals surface area contributed by atoms with Crippen LogP contribution in [0.25, 0.3) is 0 Å². The molecule has 0 radical (unpaired) electrons. The van der Waals surface area contributed by atoms with Crippen molar-refractivity contribution in [1.82, 2.24) is 0 Å². The van der Waals surface area contributed by atoms with Gasteiger partial charge in [0, 0.05) is 11.8 Å². The molecule has 0 spiro atoms. The normalized spacial score (nSPS) is 41.4. The minimum absolute atomic E-state index is 0.0767. The van der Waals surface area contributed by atoms with E-state index in [9.17, 15) is 19.8 Å². The number of carbonyl (C=O) groups excluding carboxylic acids is 2. The molecule has 3 fully saturated rings. The SMILES string of the molecule is CC12CCC(=O)C=C1CCC1C2[C@@H](O)CC2(C)C1CC[C@]2(O)C(=O)COc1ccc2c(c1)CCCC2. The molecule has 0 saturated heterocycles. The molecular formula is C31H40O5. The summed E-state index contributed by atoms with van der Waals surface area (Å²) < 4.78 is 5.96. The van der Waals surface area contributed by atoms with E-state index in [4.69, 9.17) is 4.74 Å². The van der Waals surface area contributed by atoms with Crippen LogP contribution in [0.1, 0.15) is 82.8 Å². The Bertz CT molecular complexity index is 1120. The predicted octanol–water partition coefficient (Wildman–Crippen LogP) is 4.75. The van der Waals surface area contributed by atoms with Gasteiger partial charge in [0.1, 0.15) is 18.0 Å². The number of fused-ring (bicyclic) bond motifs is 6. The number of Topliss-reactive ketones (excluding diaryl/α,β-unsaturated/α-hetero) is 1. The van der Waals surface area contributed by atoms with E-state index < -0.39 is 17.1 Å². The molecule has 5 unspecified atom stereocenters. The second-order valence-corrected chi connectivity index (χ2v) is 12.8. The molecule has 0 heterocycles. The van der Waals surface area contributed by atoms with Gasteiger partial charge in [-0.15, -0.1) is 0 Å². The molecule has 6 rings (SSSR count). The average molecular weight is 493 g/mol. The first-order chi connectivity index (χ1) is 17.2. The van der Waals surface area contributed by atoms with Gasteiger partial charge in [-0.3, -0.25) is 9.59 Å². The maximum absolute atomic E-state index is 13.6. The summed E-state index contributed by atoms with van der Waals surface area (Å²) in [6.07, 6.45) is 10.5. The Hall–Kier alpha value is -1.98. The molecular weight excluding hydrogens is 452 g/mol. The van der Waals surface area contributed by atoms with Crippen molar-refractivity contribution in [3.63, 3.8) is 0 Å². The molecule has 3 saturated carbocycles. The number of hydrogen-bond donors (Lipinski definition) is 2. The maximum atomic E-state index is 13.6. The molecule has 0 amide bonds. The molecule has 0 bridgehead atoms. The van der Waals surface area contributed by atoms with Crippen LogP contribution in [0, 0.1) is 28.6 Å². The van der Waals surface area contributed by atoms with E-state index in [1.807, 2.05) is 19.1 Å². The van der Waals surface area contributed by atoms with Crippen molar-refractivity contribution in [2.75, 3.05) is 6.61 Å². The van der Waals surface area contributed by atoms with E-state index in [-0.39, 0.29) is 41.3 Å². The fourth-order valence-electron chi connectivity index (χ4n) is 9.22. The van der Waals surface area contributed by atoms with Gasteiger partial charge in [0.15, 0.2) is 5.78 Å². The number of allylic oxidation sites excluding steroid dienone is 1. The molecule has 1 aromatic rings. The predicted molar refractivity (Wildman–Crippen MR) is 137 cm³/mol. The highest BCUT2D eigenvalue weighted by atomic mass is 16.5. The Morgan fingerprint density at radius 3 is 2.64 bits per heavy atom. The molecule has 0 aliphatic heterocycles. The van der Waals surface area contributed by atoms with Crippen molar-refractivity contribution in [3.05, 3.63) is 41.0 Å². The highest BCUT2D eigenvalue weighted by Crippen LogP contribution is 2.67. The van der Waals surface area contributed by atoms with Crippen molar-refractivity contribution < 1.29 is 24.5 Å². The van der Waals surface area contributed by atoms with Crippen molar-refractivity contribution in [2.24, 2.45) is 28.6 Å². The van der Waals surface area contributed by atoms with Gasteiger partial charge in [-0.2, -0.15) is 0 Å². The third-order valence-corrected chi connectivity index (χ3v) is 11.2. The van der Waals surface area contributed by atoms with Gasteiger partial charge in [-0.25, -0.2) is 0 Å². The zero-order valence-corrected chi connectivity index (χ0v) is 21.7. The molecule has 7 atom stereocenters. The number of aryl methyl sites for hydroxylation is 2. The Kier molecular flexibility index (Phi) is 5.77. The molecule has 5 heteroatoms. The van der Waals surface area contributed by atoms with Crippen LogP contribution in [0.3, 0.4) is 0 Å². The highest BCUT2D eigenvalue weighted by Gasteiger charge is 2.68. The van der Waals surface area contributed by atoms with Crippen LogP contribution < -0.4 is 4.74 Å². The van der Waals surface area contributed by atoms with Crippen molar-refractivity contribution in [2.45, 2.75) is 96.2 Å². The van der Waals surface area contributed by atoms with Crippen LogP contribution in [0.4, 0.5) is 0 Å². The van der Waals surface area contributed by atoms with Crippen LogP contribution in [0.2, 0.25) is 0 Å². The summed E-state index contributed by atoms with van der Waals surface area (Å²) in [5.74, 6) is 1.14. The molecule has 5 nitrogen and oxygen atoms in total. The number of aliphatic hydroxyl groups is 2. The summed E-state index contributed by atoms with van der Waals surface area (Å²) in [6, 6.07) is 6.11. The molecule has 194 valence electrons. The first-order valence-corrected chi connectivity index (χ1v) is 14.1. The summed E-state index contributed by atoms with van der Waals surface area (Å²) in [7, 11) is 0. The minimum Gasteiger partial charge on any atom is -0.486 e. The lowest BCUT2D eigenvalue weighted by Crippen LogP contribution is -2.62. The second kappa shape index (κ2) is 8.52. The Balaban J connectivity index is 1.22. The van der Waals surface area contributed by atoms with Crippen LogP contribution in [-0.4, -0.2) is 40.1 Å². The number of ketones is 2. The second-order valence-electron chi connectivity index (χ2n) is 12.8. The molecule has 36 heavy (non-hydrogen) atoms. The standard InChI is InChI=1S/C31H40O5/c1-29-13-11-22(32)16-21(29)8-10-24-25-12-14-31(35,30(25,2)17-26(33)28(24)29)27(34)18-36-23-9-7-19-5-3-4-6-20(19)15-23/h7,9,15-16,24-26,28,33,35H,3-6,8,10-14,17-18H2,1-2H3/t24?,25?,26-,28?,29?,30?,31-/m0/s1. The number of benzene rings is 1. The number of aliphatic hydroxyl groups excluding tert-OH is 1. The fourth-order valence-corrected chi connectivity index (χ4v) is 9.22. The van der Waals surface area contributed by atoms with Gasteiger partial charge in [-0.05, 0) is 117 Å². The number of rotatable bonds is 4. The van der Waals surface area contributed by atoms with E-state index in [1.54, 1.807) is 0 Å². The van der Waals surface area contributed by atoms with Crippen molar-refractivity contribution in [1.29, 1.82) is 0 Å². The first kappa shape index (κ1) is 24.4. The summed E-state index contributed by atoms with van der Waals surface area (Å²) in [5, 5.41) is 23.5. The lowest BCUT2D eigenvalue weighted by atomic mass is 9.45. The topological polar surface area (TPSA) is 83.8 Å². The zero-order chi connectivity index (χ0) is 25.3. The van der Waals surface area contributed by atoms with Crippen LogP contribution in [-0.2, 0) is 22.4 Å². The Morgan fingerprint density at radius 1 is 1.06 bits per heavy atom. The van der Waals surface area contributed by atoms with E-state index in [0.717, 1.165) is 38.5 Å². The molecule has 1 aromatic carbocycles. The Morgan fingerprint density at radius 2 is 1.83 bits per heavy atom. The monoisotopic (exact) mass is 492 g/mol. The number of carbonyl (C=O) groups is 2. The fraction of sp³-hybridized carbons (Fsp3) is 0.677. The van der Waals surface area contributed by atoms with Crippen molar-refractivity contribution >= 4 is 11.6 Å². The minimum atomic E-state index is -1.49. The van der Waals surface area contributed by atoms with E-state index in [1.165, 1.54) is 29.5 Å². The molecule has 5 aliphatic carbocycles. The average Bonchev–Trinajstić information content (AvgIpc) is 3.13. The summed E-state index contributed by atoms with van der Waals surface area (Å²) in [4.78, 5) is 25.7. The van der Waals surface area contributed by atoms with Gasteiger partial charge in [0.05, 0.1) is 6.10 Å². The van der Waals surface area contributed by atoms with Gasteiger partial charge < -0.3 is 14.9 Å². The quantitative estimate of drug-likeness (QED) is 0.634. The van der Waals surface area contributed by atoms with Gasteiger partial charge in [0.25, 0.3) is 0 Å².